The van der Waals surface area contributed by atoms with Gasteiger partial charge in [-0.15, -0.1) is 0 Å². The summed E-state index contributed by atoms with van der Waals surface area (Å²) in [5, 5.41) is 7.42. The number of nitrogens with one attached hydrogen (secondary N) is 1. The van der Waals surface area contributed by atoms with Gasteiger partial charge >= 0.3 is 0 Å². The van der Waals surface area contributed by atoms with E-state index in [1.54, 1.807) is 31.2 Å². The largest absolute Gasteiger partial charge is 0.372 e. The van der Waals surface area contributed by atoms with Crippen molar-refractivity contribution in [2.24, 2.45) is 7.05 Å². The summed E-state index contributed by atoms with van der Waals surface area (Å²) in [7, 11) is 3.52. The summed E-state index contributed by atoms with van der Waals surface area (Å²) in [6.45, 7) is 0.327. The van der Waals surface area contributed by atoms with Crippen molar-refractivity contribution in [3.63, 3.8) is 0 Å². The molecule has 0 saturated carbocycles. The summed E-state index contributed by atoms with van der Waals surface area (Å²) in [4.78, 5) is 24.9. The summed E-state index contributed by atoms with van der Waals surface area (Å²) < 4.78 is 3.07. The van der Waals surface area contributed by atoms with E-state index >= 15 is 0 Å². The third-order valence-electron chi connectivity index (χ3n) is 3.01. The first-order valence-corrected chi connectivity index (χ1v) is 6.05. The van der Waals surface area contributed by atoms with Gasteiger partial charge in [-0.05, 0) is 0 Å². The molecule has 0 aromatic carbocycles. The molecule has 0 atom stereocenters. The van der Waals surface area contributed by atoms with Crippen molar-refractivity contribution in [1.29, 1.82) is 0 Å². The maximum atomic E-state index is 12.3. The van der Waals surface area contributed by atoms with Crippen LogP contribution in [-0.2, 0) is 13.6 Å². The number of anilines is 1. The van der Waals surface area contributed by atoms with E-state index in [0.717, 1.165) is 0 Å². The molecule has 0 aliphatic heterocycles. The number of hydrogen-bond acceptors (Lipinski definition) is 6. The predicted octanol–water partition coefficient (Wildman–Crippen LogP) is 0.01000. The van der Waals surface area contributed by atoms with Crippen molar-refractivity contribution in [3.8, 4) is 0 Å². The molecular formula is C12H13N7O. The highest BCUT2D eigenvalue weighted by molar-refractivity contribution is 5.72. The molecule has 0 spiro atoms. The summed E-state index contributed by atoms with van der Waals surface area (Å²) in [5.74, 6) is 0.682. The number of hydrogen-bond donors (Lipinski definition) is 1. The quantitative estimate of drug-likeness (QED) is 0.721. The molecule has 102 valence electrons. The average Bonchev–Trinajstić information content (AvgIpc) is 2.85. The first-order chi connectivity index (χ1) is 9.69. The molecule has 3 heterocycles. The van der Waals surface area contributed by atoms with Gasteiger partial charge < -0.3 is 5.32 Å². The van der Waals surface area contributed by atoms with Crippen LogP contribution in [0.3, 0.4) is 0 Å². The van der Waals surface area contributed by atoms with E-state index < -0.39 is 0 Å². The van der Waals surface area contributed by atoms with Crippen molar-refractivity contribution in [2.45, 2.75) is 6.54 Å². The fourth-order valence-corrected chi connectivity index (χ4v) is 1.92. The Bertz CT molecular complexity index is 803. The summed E-state index contributed by atoms with van der Waals surface area (Å²) in [6, 6.07) is 0. The molecule has 0 fully saturated rings. The topological polar surface area (TPSA) is 90.5 Å². The molecule has 0 amide bonds. The molecule has 8 heteroatoms. The normalized spacial score (nSPS) is 10.9. The Hall–Kier alpha value is -2.77. The van der Waals surface area contributed by atoms with Crippen molar-refractivity contribution >= 4 is 16.9 Å². The van der Waals surface area contributed by atoms with Crippen LogP contribution in [0, 0.1) is 0 Å². The zero-order valence-electron chi connectivity index (χ0n) is 11.1. The summed E-state index contributed by atoms with van der Waals surface area (Å²) in [5.41, 5.74) is 1.13. The fourth-order valence-electron chi connectivity index (χ4n) is 1.92. The van der Waals surface area contributed by atoms with E-state index in [0.29, 0.717) is 29.1 Å². The first-order valence-electron chi connectivity index (χ1n) is 6.05. The lowest BCUT2D eigenvalue weighted by molar-refractivity contribution is 0.719. The van der Waals surface area contributed by atoms with Crippen LogP contribution < -0.4 is 10.9 Å². The molecule has 0 saturated heterocycles. The molecule has 0 aliphatic carbocycles. The van der Waals surface area contributed by atoms with E-state index in [1.165, 1.54) is 17.1 Å². The number of nitrogens with zero attached hydrogens (tertiary/aromatic N) is 6. The number of aromatic nitrogens is 6. The van der Waals surface area contributed by atoms with Gasteiger partial charge in [0.1, 0.15) is 17.5 Å². The van der Waals surface area contributed by atoms with Crippen LogP contribution >= 0.6 is 0 Å². The second kappa shape index (κ2) is 4.72. The molecule has 0 aliphatic rings. The van der Waals surface area contributed by atoms with Gasteiger partial charge in [-0.2, -0.15) is 5.10 Å². The smallest absolute Gasteiger partial charge is 0.264 e. The molecule has 0 radical (unpaired) electrons. The molecule has 0 unspecified atom stereocenters. The monoisotopic (exact) mass is 271 g/mol. The van der Waals surface area contributed by atoms with Crippen LogP contribution in [0.1, 0.15) is 5.69 Å². The van der Waals surface area contributed by atoms with Gasteiger partial charge in [0, 0.05) is 14.1 Å². The molecular weight excluding hydrogens is 258 g/mol. The Labute approximate surface area is 114 Å². The van der Waals surface area contributed by atoms with Gasteiger partial charge in [0.25, 0.3) is 5.56 Å². The summed E-state index contributed by atoms with van der Waals surface area (Å²) in [6.07, 6.45) is 6.28. The Morgan fingerprint density at radius 3 is 2.75 bits per heavy atom. The van der Waals surface area contributed by atoms with E-state index in [4.69, 9.17) is 0 Å². The van der Waals surface area contributed by atoms with Gasteiger partial charge in [0.15, 0.2) is 5.65 Å². The molecule has 0 bridgehead atoms. The first kappa shape index (κ1) is 12.3. The molecule has 1 N–H and O–H groups in total. The second-order valence-electron chi connectivity index (χ2n) is 4.33. The Morgan fingerprint density at radius 2 is 2.05 bits per heavy atom. The Morgan fingerprint density at radius 1 is 1.20 bits per heavy atom. The summed E-state index contributed by atoms with van der Waals surface area (Å²) >= 11 is 0. The molecule has 3 aromatic heterocycles. The highest BCUT2D eigenvalue weighted by atomic mass is 16.1. The average molecular weight is 271 g/mol. The number of rotatable bonds is 3. The highest BCUT2D eigenvalue weighted by Crippen LogP contribution is 2.05. The number of aryl methyl sites for hydroxylation is 1. The minimum atomic E-state index is -0.136. The lowest BCUT2D eigenvalue weighted by atomic mass is 10.4. The maximum absolute atomic E-state index is 12.3. The third kappa shape index (κ3) is 2.00. The lowest BCUT2D eigenvalue weighted by Gasteiger charge is -2.05. The van der Waals surface area contributed by atoms with Crippen LogP contribution in [-0.4, -0.2) is 36.3 Å². The highest BCUT2D eigenvalue weighted by Gasteiger charge is 2.08. The van der Waals surface area contributed by atoms with E-state index in [1.807, 2.05) is 0 Å². The van der Waals surface area contributed by atoms with Crippen LogP contribution in [0.25, 0.3) is 11.0 Å². The second-order valence-corrected chi connectivity index (χ2v) is 4.33. The SMILES string of the molecule is CNc1cnc(Cn2cnc3c(cnn3C)c2=O)cn1. The van der Waals surface area contributed by atoms with Crippen LogP contribution in [0.15, 0.2) is 29.7 Å². The van der Waals surface area contributed by atoms with Gasteiger partial charge in [-0.3, -0.25) is 19.0 Å². The van der Waals surface area contributed by atoms with Gasteiger partial charge in [0.2, 0.25) is 0 Å². The van der Waals surface area contributed by atoms with Crippen molar-refractivity contribution < 1.29 is 0 Å². The zero-order valence-corrected chi connectivity index (χ0v) is 11.1. The maximum Gasteiger partial charge on any atom is 0.264 e. The molecule has 3 aromatic rings. The lowest BCUT2D eigenvalue weighted by Crippen LogP contribution is -2.21. The minimum absolute atomic E-state index is 0.136. The van der Waals surface area contributed by atoms with Crippen molar-refractivity contribution in [2.75, 3.05) is 12.4 Å². The third-order valence-corrected chi connectivity index (χ3v) is 3.01. The fraction of sp³-hybridized carbons (Fsp3) is 0.250. The van der Waals surface area contributed by atoms with Gasteiger partial charge in [0.05, 0.1) is 30.8 Å². The van der Waals surface area contributed by atoms with Crippen molar-refractivity contribution in [1.82, 2.24) is 29.3 Å². The predicted molar refractivity (Wildman–Crippen MR) is 73.4 cm³/mol. The molecule has 20 heavy (non-hydrogen) atoms. The van der Waals surface area contributed by atoms with Crippen molar-refractivity contribution in [3.05, 3.63) is 41.0 Å². The van der Waals surface area contributed by atoms with E-state index in [2.05, 4.69) is 25.4 Å². The number of fused-ring (bicyclic) bond motifs is 1. The molecule has 8 nitrogen and oxygen atoms in total. The Balaban J connectivity index is 1.97. The van der Waals surface area contributed by atoms with E-state index in [-0.39, 0.29) is 5.56 Å². The van der Waals surface area contributed by atoms with Crippen LogP contribution in [0.4, 0.5) is 5.82 Å². The van der Waals surface area contributed by atoms with Gasteiger partial charge in [-0.1, -0.05) is 0 Å². The zero-order chi connectivity index (χ0) is 14.1. The molecule has 3 rings (SSSR count). The minimum Gasteiger partial charge on any atom is -0.372 e. The van der Waals surface area contributed by atoms with Gasteiger partial charge in [-0.25, -0.2) is 9.97 Å². The van der Waals surface area contributed by atoms with Crippen LogP contribution in [0.5, 0.6) is 0 Å². The Kier molecular flexibility index (Phi) is 2.90. The standard InChI is InChI=1S/C12H13N7O/c1-13-10-5-14-8(3-15-10)6-19-7-16-11-9(12(19)20)4-17-18(11)2/h3-5,7H,6H2,1-2H3,(H,13,15). The van der Waals surface area contributed by atoms with Crippen LogP contribution in [0.2, 0.25) is 0 Å². The van der Waals surface area contributed by atoms with E-state index in [9.17, 15) is 4.79 Å².